The van der Waals surface area contributed by atoms with Crippen molar-refractivity contribution in [3.05, 3.63) is 84.9 Å². The number of hydrogen-bond acceptors (Lipinski definition) is 5. The molecule has 10 heteroatoms. The molecular weight excluding hydrogens is 463 g/mol. The van der Waals surface area contributed by atoms with Crippen LogP contribution in [0.2, 0.25) is 0 Å². The van der Waals surface area contributed by atoms with Gasteiger partial charge in [-0.25, -0.2) is 4.79 Å². The van der Waals surface area contributed by atoms with E-state index >= 15 is 0 Å². The first-order valence-electron chi connectivity index (χ1n) is 10.4. The Morgan fingerprint density at radius 3 is 2.40 bits per heavy atom. The van der Waals surface area contributed by atoms with Crippen LogP contribution in [0.3, 0.4) is 0 Å². The van der Waals surface area contributed by atoms with Crippen LogP contribution in [0.5, 0.6) is 5.75 Å². The van der Waals surface area contributed by atoms with E-state index in [-0.39, 0.29) is 5.91 Å². The number of amides is 1. The first kappa shape index (κ1) is 23.7. The maximum absolute atomic E-state index is 12.8. The number of carboxylic acids is 1. The molecule has 7 nitrogen and oxygen atoms in total. The van der Waals surface area contributed by atoms with Crippen LogP contribution in [0.4, 0.5) is 18.9 Å². The van der Waals surface area contributed by atoms with Crippen LogP contribution < -0.4 is 10.1 Å². The predicted octanol–water partition coefficient (Wildman–Crippen LogP) is 4.87. The molecule has 0 bridgehead atoms. The molecule has 0 saturated carbocycles. The largest absolute Gasteiger partial charge is 0.490 e. The molecule has 1 atom stereocenters. The van der Waals surface area contributed by atoms with Gasteiger partial charge in [-0.3, -0.25) is 14.8 Å². The lowest BCUT2D eigenvalue weighted by Gasteiger charge is -2.12. The van der Waals surface area contributed by atoms with Gasteiger partial charge in [-0.05, 0) is 40.6 Å². The topological polar surface area (TPSA) is 101 Å². The van der Waals surface area contributed by atoms with Gasteiger partial charge in [0.25, 0.3) is 5.91 Å². The molecule has 4 aromatic rings. The van der Waals surface area contributed by atoms with E-state index in [9.17, 15) is 18.0 Å². The molecule has 5 rings (SSSR count). The maximum Gasteiger partial charge on any atom is 0.490 e. The summed E-state index contributed by atoms with van der Waals surface area (Å²) in [6.07, 6.45) is 1.78. The molecular formula is C25H18F3N3O4. The number of halogens is 3. The monoisotopic (exact) mass is 481 g/mol. The fourth-order valence-electron chi connectivity index (χ4n) is 3.60. The van der Waals surface area contributed by atoms with E-state index in [1.165, 1.54) is 0 Å². The molecule has 35 heavy (non-hydrogen) atoms. The van der Waals surface area contributed by atoms with Gasteiger partial charge >= 0.3 is 12.1 Å². The van der Waals surface area contributed by atoms with E-state index in [0.717, 1.165) is 33.2 Å². The normalized spacial score (nSPS) is 14.3. The van der Waals surface area contributed by atoms with Crippen molar-refractivity contribution in [3.63, 3.8) is 0 Å². The quantitative estimate of drug-likeness (QED) is 0.433. The second-order valence-electron chi connectivity index (χ2n) is 7.56. The predicted molar refractivity (Wildman–Crippen MR) is 122 cm³/mol. The zero-order valence-corrected chi connectivity index (χ0v) is 18.0. The fraction of sp³-hybridized carbons (Fsp3) is 0.120. The summed E-state index contributed by atoms with van der Waals surface area (Å²) in [4.78, 5) is 30.0. The Hall–Kier alpha value is -4.47. The number of nitrogens with one attached hydrogen (secondary N) is 1. The number of rotatable bonds is 3. The summed E-state index contributed by atoms with van der Waals surface area (Å²) in [5, 5.41) is 12.3. The Labute approximate surface area is 197 Å². The molecule has 0 radical (unpaired) electrons. The third kappa shape index (κ3) is 5.55. The van der Waals surface area contributed by atoms with Crippen molar-refractivity contribution in [1.82, 2.24) is 9.97 Å². The summed E-state index contributed by atoms with van der Waals surface area (Å²) < 4.78 is 37.7. The van der Waals surface area contributed by atoms with E-state index in [2.05, 4.69) is 27.4 Å². The first-order valence-corrected chi connectivity index (χ1v) is 10.4. The number of aliphatic carboxylic acids is 1. The van der Waals surface area contributed by atoms with Crippen LogP contribution in [0.15, 0.2) is 79.4 Å². The van der Waals surface area contributed by atoms with Gasteiger partial charge in [0.1, 0.15) is 5.75 Å². The molecule has 0 fully saturated rings. The standard InChI is InChI=1S/C23H17N3O2.C2HF3O2/c27-23(26-18-11-17(13-25-14-18)15-7-9-24-10-8-15)22-12-20-19-4-2-1-3-16(19)5-6-21(20)28-22;3-2(4,5)1(6)7/h1-11,13-14,22H,12H2,(H,26,27);(H,6,7). The highest BCUT2D eigenvalue weighted by Crippen LogP contribution is 2.35. The number of aromatic nitrogens is 2. The number of carbonyl (C=O) groups excluding carboxylic acids is 1. The smallest absolute Gasteiger partial charge is 0.480 e. The Morgan fingerprint density at radius 1 is 0.971 bits per heavy atom. The highest BCUT2D eigenvalue weighted by Gasteiger charge is 2.38. The van der Waals surface area contributed by atoms with Crippen LogP contribution in [-0.4, -0.2) is 39.2 Å². The Balaban J connectivity index is 0.000000364. The number of alkyl halides is 3. The number of ether oxygens (including phenoxy) is 1. The molecule has 1 amide bonds. The summed E-state index contributed by atoms with van der Waals surface area (Å²) in [5.74, 6) is -2.15. The summed E-state index contributed by atoms with van der Waals surface area (Å²) in [7, 11) is 0. The number of anilines is 1. The molecule has 0 saturated heterocycles. The van der Waals surface area contributed by atoms with Crippen LogP contribution in [-0.2, 0) is 16.0 Å². The molecule has 2 aromatic carbocycles. The number of fused-ring (bicyclic) bond motifs is 3. The lowest BCUT2D eigenvalue weighted by Crippen LogP contribution is -2.31. The number of nitrogens with zero attached hydrogens (tertiary/aromatic N) is 2. The molecule has 2 N–H and O–H groups in total. The van der Waals surface area contributed by atoms with Crippen molar-refractivity contribution in [3.8, 4) is 16.9 Å². The molecule has 1 aliphatic rings. The summed E-state index contributed by atoms with van der Waals surface area (Å²) in [6.45, 7) is 0. The Kier molecular flexibility index (Phi) is 6.63. The average Bonchev–Trinajstić information content (AvgIpc) is 3.30. The second kappa shape index (κ2) is 9.80. The van der Waals surface area contributed by atoms with E-state index < -0.39 is 18.2 Å². The van der Waals surface area contributed by atoms with Gasteiger partial charge < -0.3 is 15.2 Å². The maximum atomic E-state index is 12.8. The summed E-state index contributed by atoms with van der Waals surface area (Å²) in [5.41, 5.74) is 3.64. The highest BCUT2D eigenvalue weighted by molar-refractivity contribution is 5.97. The fourth-order valence-corrected chi connectivity index (χ4v) is 3.60. The molecule has 3 heterocycles. The Bertz CT molecular complexity index is 1380. The summed E-state index contributed by atoms with van der Waals surface area (Å²) in [6, 6.07) is 17.8. The van der Waals surface area contributed by atoms with Gasteiger partial charge in [-0.2, -0.15) is 13.2 Å². The van der Waals surface area contributed by atoms with Gasteiger partial charge in [0.15, 0.2) is 6.10 Å². The van der Waals surface area contributed by atoms with Crippen molar-refractivity contribution in [2.75, 3.05) is 5.32 Å². The molecule has 0 spiro atoms. The van der Waals surface area contributed by atoms with E-state index in [1.807, 2.05) is 42.5 Å². The zero-order chi connectivity index (χ0) is 25.0. The highest BCUT2D eigenvalue weighted by atomic mass is 19.4. The van der Waals surface area contributed by atoms with E-state index in [0.29, 0.717) is 12.1 Å². The van der Waals surface area contributed by atoms with E-state index in [1.54, 1.807) is 24.8 Å². The van der Waals surface area contributed by atoms with Gasteiger partial charge in [0.05, 0.1) is 11.9 Å². The Morgan fingerprint density at radius 2 is 1.69 bits per heavy atom. The molecule has 2 aromatic heterocycles. The number of carboxylic acid groups (broad SMARTS) is 1. The lowest BCUT2D eigenvalue weighted by atomic mass is 10.0. The van der Waals surface area contributed by atoms with Crippen molar-refractivity contribution in [1.29, 1.82) is 0 Å². The van der Waals surface area contributed by atoms with Gasteiger partial charge in [-0.1, -0.05) is 30.3 Å². The zero-order valence-electron chi connectivity index (χ0n) is 18.0. The third-order valence-corrected chi connectivity index (χ3v) is 5.21. The number of hydrogen-bond donors (Lipinski definition) is 2. The van der Waals surface area contributed by atoms with Crippen molar-refractivity contribution in [2.24, 2.45) is 0 Å². The molecule has 178 valence electrons. The van der Waals surface area contributed by atoms with Crippen LogP contribution in [0.25, 0.3) is 21.9 Å². The minimum absolute atomic E-state index is 0.172. The SMILES string of the molecule is O=C(Nc1cncc(-c2ccncc2)c1)C1Cc2c(ccc3ccccc23)O1.O=C(O)C(F)(F)F. The lowest BCUT2D eigenvalue weighted by molar-refractivity contribution is -0.192. The molecule has 1 unspecified atom stereocenters. The van der Waals surface area contributed by atoms with Crippen molar-refractivity contribution in [2.45, 2.75) is 18.7 Å². The molecule has 1 aliphatic heterocycles. The van der Waals surface area contributed by atoms with Crippen LogP contribution >= 0.6 is 0 Å². The van der Waals surface area contributed by atoms with Gasteiger partial charge in [0, 0.05) is 36.1 Å². The minimum atomic E-state index is -5.08. The third-order valence-electron chi connectivity index (χ3n) is 5.21. The number of benzene rings is 2. The van der Waals surface area contributed by atoms with Crippen molar-refractivity contribution >= 4 is 28.3 Å². The van der Waals surface area contributed by atoms with Gasteiger partial charge in [-0.15, -0.1) is 0 Å². The average molecular weight is 481 g/mol. The number of pyridine rings is 2. The minimum Gasteiger partial charge on any atom is -0.480 e. The van der Waals surface area contributed by atoms with Crippen LogP contribution in [0, 0.1) is 0 Å². The van der Waals surface area contributed by atoms with Crippen LogP contribution in [0.1, 0.15) is 5.56 Å². The second-order valence-corrected chi connectivity index (χ2v) is 7.56. The van der Waals surface area contributed by atoms with E-state index in [4.69, 9.17) is 14.6 Å². The first-order chi connectivity index (χ1) is 16.7. The van der Waals surface area contributed by atoms with Gasteiger partial charge in [0.2, 0.25) is 0 Å². The number of carbonyl (C=O) groups is 2. The van der Waals surface area contributed by atoms with Crippen molar-refractivity contribution < 1.29 is 32.6 Å². The molecule has 0 aliphatic carbocycles. The summed E-state index contributed by atoms with van der Waals surface area (Å²) >= 11 is 0.